The summed E-state index contributed by atoms with van der Waals surface area (Å²) in [6.07, 6.45) is 4.31. The highest BCUT2D eigenvalue weighted by atomic mass is 35.5. The number of hydrogen-bond donors (Lipinski definition) is 1. The molecule has 1 N–H and O–H groups in total. The second kappa shape index (κ2) is 10.9. The molecule has 1 saturated heterocycles. The number of fused-ring (bicyclic) bond motifs is 1. The fraction of sp³-hybridized carbons (Fsp3) is 0.367. The average Bonchev–Trinajstić information content (AvgIpc) is 2.95. The van der Waals surface area contributed by atoms with Crippen LogP contribution in [0.4, 0.5) is 11.6 Å². The molecule has 1 aliphatic carbocycles. The van der Waals surface area contributed by atoms with Gasteiger partial charge in [0, 0.05) is 66.6 Å². The lowest BCUT2D eigenvalue weighted by atomic mass is 9.61. The number of aryl methyl sites for hydroxylation is 2. The third-order valence-electron chi connectivity index (χ3n) is 8.26. The van der Waals surface area contributed by atoms with Crippen LogP contribution in [0.15, 0.2) is 53.5 Å². The summed E-state index contributed by atoms with van der Waals surface area (Å²) in [6, 6.07) is 11.7. The van der Waals surface area contributed by atoms with Crippen LogP contribution in [0.1, 0.15) is 18.4 Å². The number of nitrogens with one attached hydrogen (secondary N) is 1. The van der Waals surface area contributed by atoms with Gasteiger partial charge in [-0.05, 0) is 49.4 Å². The Hall–Kier alpha value is -4.22. The van der Waals surface area contributed by atoms with Crippen molar-refractivity contribution in [1.29, 1.82) is 0 Å². The smallest absolute Gasteiger partial charge is 0.269 e. The summed E-state index contributed by atoms with van der Waals surface area (Å²) >= 11 is 6.69. The Morgan fingerprint density at radius 1 is 1.12 bits per heavy atom. The molecule has 2 aromatic carbocycles. The normalized spacial score (nSPS) is 16.2. The molecule has 0 unspecified atom stereocenters. The second-order valence-corrected chi connectivity index (χ2v) is 11.7. The van der Waals surface area contributed by atoms with Gasteiger partial charge >= 0.3 is 0 Å². The van der Waals surface area contributed by atoms with E-state index in [-0.39, 0.29) is 22.8 Å². The Bertz CT molecular complexity index is 1730. The highest BCUT2D eigenvalue weighted by molar-refractivity contribution is 6.35. The van der Waals surface area contributed by atoms with Crippen molar-refractivity contribution in [3.63, 3.8) is 0 Å². The fourth-order valence-electron chi connectivity index (χ4n) is 6.32. The molecule has 1 aliphatic heterocycles. The van der Waals surface area contributed by atoms with Crippen LogP contribution in [0.25, 0.3) is 22.2 Å². The molecule has 6 rings (SSSR count). The first-order chi connectivity index (χ1) is 20.2. The number of methoxy groups -OCH3 is 2. The number of anilines is 1. The van der Waals surface area contributed by atoms with Gasteiger partial charge < -0.3 is 19.7 Å². The number of ether oxygens (including phenoxy) is 2. The third-order valence-corrected chi connectivity index (χ3v) is 8.65. The van der Waals surface area contributed by atoms with Crippen LogP contribution in [0.2, 0.25) is 5.02 Å². The lowest BCUT2D eigenvalue weighted by molar-refractivity contribution is -0.384. The topological polar surface area (TPSA) is 125 Å². The Morgan fingerprint density at radius 2 is 1.86 bits per heavy atom. The molecule has 1 spiro atoms. The Kier molecular flexibility index (Phi) is 7.24. The van der Waals surface area contributed by atoms with Crippen molar-refractivity contribution < 1.29 is 14.4 Å². The zero-order valence-corrected chi connectivity index (χ0v) is 24.3. The molecule has 12 heteroatoms. The van der Waals surface area contributed by atoms with Gasteiger partial charge in [-0.1, -0.05) is 23.7 Å². The molecule has 0 bridgehead atoms. The maximum Gasteiger partial charge on any atom is 0.269 e. The predicted octanol–water partition coefficient (Wildman–Crippen LogP) is 4.79. The van der Waals surface area contributed by atoms with Crippen LogP contribution in [0.3, 0.4) is 0 Å². The van der Waals surface area contributed by atoms with Crippen molar-refractivity contribution in [2.75, 3.05) is 39.7 Å². The first kappa shape index (κ1) is 27.9. The number of pyridine rings is 1. The van der Waals surface area contributed by atoms with E-state index in [1.165, 1.54) is 26.4 Å². The SMILES string of the molecule is COc1cc(OC)c(Cl)c(-c2cc3cnc(NC4CC5(C4)CN(C)C5)nc3n(CCc3ccc([N+](=O)[O-])cc3)c2=O)c1. The first-order valence-corrected chi connectivity index (χ1v) is 14.1. The number of benzene rings is 2. The van der Waals surface area contributed by atoms with Crippen LogP contribution >= 0.6 is 11.6 Å². The second-order valence-electron chi connectivity index (χ2n) is 11.3. The van der Waals surface area contributed by atoms with E-state index in [0.29, 0.717) is 57.5 Å². The van der Waals surface area contributed by atoms with E-state index in [4.69, 9.17) is 26.1 Å². The van der Waals surface area contributed by atoms with Gasteiger partial charge in [0.25, 0.3) is 11.2 Å². The van der Waals surface area contributed by atoms with Gasteiger partial charge in [0.05, 0.1) is 24.2 Å². The molecule has 4 aromatic rings. The minimum atomic E-state index is -0.435. The van der Waals surface area contributed by atoms with Gasteiger partial charge in [-0.15, -0.1) is 0 Å². The van der Waals surface area contributed by atoms with E-state index < -0.39 is 4.92 Å². The zero-order valence-electron chi connectivity index (χ0n) is 23.6. The number of nitro groups is 1. The first-order valence-electron chi connectivity index (χ1n) is 13.7. The summed E-state index contributed by atoms with van der Waals surface area (Å²) in [5.41, 5.74) is 2.30. The molecule has 0 radical (unpaired) electrons. The summed E-state index contributed by atoms with van der Waals surface area (Å²) < 4.78 is 12.5. The fourth-order valence-corrected chi connectivity index (χ4v) is 6.60. The van der Waals surface area contributed by atoms with Crippen LogP contribution < -0.4 is 20.3 Å². The highest BCUT2D eigenvalue weighted by Crippen LogP contribution is 2.48. The van der Waals surface area contributed by atoms with Crippen LogP contribution in [-0.2, 0) is 13.0 Å². The van der Waals surface area contributed by atoms with Crippen LogP contribution in [0.5, 0.6) is 11.5 Å². The number of likely N-dealkylation sites (tertiary alicyclic amines) is 1. The highest BCUT2D eigenvalue weighted by Gasteiger charge is 2.51. The van der Waals surface area contributed by atoms with E-state index in [9.17, 15) is 14.9 Å². The van der Waals surface area contributed by atoms with Crippen LogP contribution in [0, 0.1) is 15.5 Å². The quantitative estimate of drug-likeness (QED) is 0.216. The molecular weight excluding hydrogens is 560 g/mol. The van der Waals surface area contributed by atoms with E-state index in [0.717, 1.165) is 31.5 Å². The monoisotopic (exact) mass is 590 g/mol. The van der Waals surface area contributed by atoms with E-state index in [1.54, 1.807) is 41.1 Å². The maximum atomic E-state index is 14.1. The van der Waals surface area contributed by atoms with Crippen molar-refractivity contribution >= 4 is 34.3 Å². The minimum Gasteiger partial charge on any atom is -0.497 e. The van der Waals surface area contributed by atoms with Gasteiger partial charge in [0.15, 0.2) is 0 Å². The Morgan fingerprint density at radius 3 is 2.50 bits per heavy atom. The molecule has 2 aliphatic rings. The number of nitro benzene ring substituents is 1. The summed E-state index contributed by atoms with van der Waals surface area (Å²) in [6.45, 7) is 2.52. The van der Waals surface area contributed by atoms with E-state index >= 15 is 0 Å². The largest absolute Gasteiger partial charge is 0.497 e. The van der Waals surface area contributed by atoms with Gasteiger partial charge in [-0.25, -0.2) is 4.98 Å². The number of rotatable bonds is 9. The molecule has 218 valence electrons. The number of nitrogens with zero attached hydrogens (tertiary/aromatic N) is 5. The molecule has 11 nitrogen and oxygen atoms in total. The molecule has 2 aromatic heterocycles. The molecule has 42 heavy (non-hydrogen) atoms. The van der Waals surface area contributed by atoms with Gasteiger partial charge in [0.1, 0.15) is 17.1 Å². The summed E-state index contributed by atoms with van der Waals surface area (Å²) in [5.74, 6) is 1.36. The van der Waals surface area contributed by atoms with Gasteiger partial charge in [-0.3, -0.25) is 19.5 Å². The van der Waals surface area contributed by atoms with Crippen molar-refractivity contribution in [3.8, 4) is 22.6 Å². The van der Waals surface area contributed by atoms with E-state index in [2.05, 4.69) is 22.2 Å². The molecule has 2 fully saturated rings. The van der Waals surface area contributed by atoms with Gasteiger partial charge in [-0.2, -0.15) is 4.98 Å². The molecule has 0 atom stereocenters. The number of non-ortho nitro benzene ring substituents is 1. The molecule has 1 saturated carbocycles. The third kappa shape index (κ3) is 5.14. The summed E-state index contributed by atoms with van der Waals surface area (Å²) in [4.78, 5) is 36.5. The standard InChI is InChI=1S/C30H31ClN6O5/c1-35-16-30(17-35)13-20(14-30)33-29-32-15-19-10-24(23-11-22(41-2)12-25(42-3)26(23)31)28(38)36(27(19)34-29)9-8-18-4-6-21(7-5-18)37(39)40/h4-7,10-12,15,20H,8-9,13-14,16-17H2,1-3H3,(H,32,33,34). The molecular formula is C30H31ClN6O5. The molecule has 0 amide bonds. The number of halogens is 1. The van der Waals surface area contributed by atoms with Crippen molar-refractivity contribution in [3.05, 3.63) is 79.7 Å². The number of aromatic nitrogens is 3. The lowest BCUT2D eigenvalue weighted by Crippen LogP contribution is -2.63. The average molecular weight is 591 g/mol. The lowest BCUT2D eigenvalue weighted by Gasteiger charge is -2.58. The minimum absolute atomic E-state index is 0.0137. The Balaban J connectivity index is 1.39. The van der Waals surface area contributed by atoms with Crippen molar-refractivity contribution in [2.24, 2.45) is 5.41 Å². The number of hydrogen-bond acceptors (Lipinski definition) is 9. The van der Waals surface area contributed by atoms with Gasteiger partial charge in [0.2, 0.25) is 5.95 Å². The summed E-state index contributed by atoms with van der Waals surface area (Å²) in [5, 5.41) is 15.5. The Labute approximate surface area is 247 Å². The zero-order chi connectivity index (χ0) is 29.6. The van der Waals surface area contributed by atoms with Crippen molar-refractivity contribution in [2.45, 2.75) is 31.8 Å². The van der Waals surface area contributed by atoms with E-state index in [1.807, 2.05) is 0 Å². The van der Waals surface area contributed by atoms with Crippen molar-refractivity contribution in [1.82, 2.24) is 19.4 Å². The maximum absolute atomic E-state index is 14.1. The summed E-state index contributed by atoms with van der Waals surface area (Å²) in [7, 11) is 5.17. The van der Waals surface area contributed by atoms with Crippen LogP contribution in [-0.4, -0.2) is 64.8 Å². The predicted molar refractivity (Wildman–Crippen MR) is 161 cm³/mol. The molecule has 3 heterocycles.